The zero-order chi connectivity index (χ0) is 21.1. The SMILES string of the molecule is C=CC(=O)N1CCOc2c1ccc1ncnc(NCc3cccc(OC)c3OC)c21. The quantitative estimate of drug-likeness (QED) is 0.629. The summed E-state index contributed by atoms with van der Waals surface area (Å²) in [6.45, 7) is 4.88. The second-order valence-corrected chi connectivity index (χ2v) is 6.58. The van der Waals surface area contributed by atoms with Gasteiger partial charge in [-0.15, -0.1) is 0 Å². The van der Waals surface area contributed by atoms with Crippen molar-refractivity contribution in [3.8, 4) is 17.2 Å². The minimum Gasteiger partial charge on any atom is -0.493 e. The standard InChI is InChI=1S/C22H22N4O4/c1-4-18(27)26-10-11-30-21-16(26)9-8-15-19(21)22(25-13-24-15)23-12-14-6-5-7-17(28-2)20(14)29-3/h4-9,13H,1,10-12H2,2-3H3,(H,23,24,25). The third kappa shape index (κ3) is 3.36. The summed E-state index contributed by atoms with van der Waals surface area (Å²) in [5, 5.41) is 4.07. The summed E-state index contributed by atoms with van der Waals surface area (Å²) in [6.07, 6.45) is 2.80. The fourth-order valence-electron chi connectivity index (χ4n) is 3.57. The molecule has 8 nitrogen and oxygen atoms in total. The van der Waals surface area contributed by atoms with E-state index in [1.807, 2.05) is 30.3 Å². The number of para-hydroxylation sites is 1. The van der Waals surface area contributed by atoms with Gasteiger partial charge in [0, 0.05) is 12.1 Å². The van der Waals surface area contributed by atoms with Crippen molar-refractivity contribution in [1.82, 2.24) is 9.97 Å². The van der Waals surface area contributed by atoms with Gasteiger partial charge in [0.2, 0.25) is 0 Å². The molecule has 30 heavy (non-hydrogen) atoms. The van der Waals surface area contributed by atoms with Gasteiger partial charge in [-0.1, -0.05) is 18.7 Å². The highest BCUT2D eigenvalue weighted by molar-refractivity contribution is 6.07. The fourth-order valence-corrected chi connectivity index (χ4v) is 3.57. The molecule has 2 heterocycles. The van der Waals surface area contributed by atoms with Gasteiger partial charge < -0.3 is 24.4 Å². The number of nitrogens with zero attached hydrogens (tertiary/aromatic N) is 3. The normalized spacial score (nSPS) is 12.7. The van der Waals surface area contributed by atoms with Crippen LogP contribution in [-0.2, 0) is 11.3 Å². The van der Waals surface area contributed by atoms with Crippen molar-refractivity contribution in [2.45, 2.75) is 6.54 Å². The van der Waals surface area contributed by atoms with Crippen LogP contribution < -0.4 is 24.4 Å². The summed E-state index contributed by atoms with van der Waals surface area (Å²) >= 11 is 0. The Morgan fingerprint density at radius 1 is 1.27 bits per heavy atom. The lowest BCUT2D eigenvalue weighted by Gasteiger charge is -2.29. The Hall–Kier alpha value is -3.81. The number of carbonyl (C=O) groups excluding carboxylic acids is 1. The molecule has 2 aromatic carbocycles. The molecule has 1 aliphatic heterocycles. The van der Waals surface area contributed by atoms with Gasteiger partial charge in [0.1, 0.15) is 18.8 Å². The van der Waals surface area contributed by atoms with Crippen LogP contribution in [0.15, 0.2) is 49.3 Å². The Balaban J connectivity index is 1.74. The summed E-state index contributed by atoms with van der Waals surface area (Å²) in [4.78, 5) is 22.7. The lowest BCUT2D eigenvalue weighted by atomic mass is 10.1. The zero-order valence-electron chi connectivity index (χ0n) is 16.8. The van der Waals surface area contributed by atoms with Crippen molar-refractivity contribution in [3.63, 3.8) is 0 Å². The number of benzene rings is 2. The van der Waals surface area contributed by atoms with Gasteiger partial charge in [-0.05, 0) is 24.3 Å². The average Bonchev–Trinajstić information content (AvgIpc) is 2.80. The molecule has 4 rings (SSSR count). The first-order valence-corrected chi connectivity index (χ1v) is 9.46. The number of rotatable bonds is 6. The van der Waals surface area contributed by atoms with E-state index < -0.39 is 0 Å². The van der Waals surface area contributed by atoms with E-state index in [0.29, 0.717) is 48.5 Å². The maximum atomic E-state index is 12.3. The summed E-state index contributed by atoms with van der Waals surface area (Å²) in [6, 6.07) is 9.39. The molecule has 0 saturated carbocycles. The summed E-state index contributed by atoms with van der Waals surface area (Å²) in [5.74, 6) is 2.33. The third-order valence-corrected chi connectivity index (χ3v) is 4.96. The van der Waals surface area contributed by atoms with Crippen molar-refractivity contribution in [3.05, 3.63) is 54.9 Å². The van der Waals surface area contributed by atoms with E-state index in [-0.39, 0.29) is 5.91 Å². The Morgan fingerprint density at radius 2 is 2.13 bits per heavy atom. The van der Waals surface area contributed by atoms with Crippen LogP contribution in [0.2, 0.25) is 0 Å². The molecule has 8 heteroatoms. The van der Waals surface area contributed by atoms with Gasteiger partial charge in [-0.3, -0.25) is 4.79 Å². The number of methoxy groups -OCH3 is 2. The van der Waals surface area contributed by atoms with Crippen LogP contribution in [0.4, 0.5) is 11.5 Å². The Kier molecular flexibility index (Phi) is 5.38. The highest BCUT2D eigenvalue weighted by atomic mass is 16.5. The highest BCUT2D eigenvalue weighted by Gasteiger charge is 2.25. The Labute approximate surface area is 174 Å². The van der Waals surface area contributed by atoms with Crippen LogP contribution in [-0.4, -0.2) is 43.2 Å². The van der Waals surface area contributed by atoms with Gasteiger partial charge in [0.25, 0.3) is 5.91 Å². The number of anilines is 2. The predicted molar refractivity (Wildman–Crippen MR) is 114 cm³/mol. The molecule has 1 aliphatic rings. The number of hydrogen-bond donors (Lipinski definition) is 1. The molecule has 0 aliphatic carbocycles. The summed E-state index contributed by atoms with van der Waals surface area (Å²) in [5.41, 5.74) is 2.31. The van der Waals surface area contributed by atoms with E-state index in [0.717, 1.165) is 16.5 Å². The molecular formula is C22H22N4O4. The molecule has 3 aromatic rings. The van der Waals surface area contributed by atoms with Crippen LogP contribution >= 0.6 is 0 Å². The van der Waals surface area contributed by atoms with Gasteiger partial charge in [-0.25, -0.2) is 9.97 Å². The summed E-state index contributed by atoms with van der Waals surface area (Å²) < 4.78 is 16.8. The van der Waals surface area contributed by atoms with E-state index in [2.05, 4.69) is 21.9 Å². The van der Waals surface area contributed by atoms with Gasteiger partial charge in [-0.2, -0.15) is 0 Å². The van der Waals surface area contributed by atoms with E-state index in [1.165, 1.54) is 12.4 Å². The van der Waals surface area contributed by atoms with Crippen molar-refractivity contribution in [2.75, 3.05) is 37.6 Å². The van der Waals surface area contributed by atoms with Crippen LogP contribution in [0.3, 0.4) is 0 Å². The maximum absolute atomic E-state index is 12.3. The Bertz CT molecular complexity index is 1120. The van der Waals surface area contributed by atoms with Gasteiger partial charge in [0.15, 0.2) is 17.2 Å². The lowest BCUT2D eigenvalue weighted by Crippen LogP contribution is -2.36. The molecular weight excluding hydrogens is 384 g/mol. The number of amides is 1. The zero-order valence-corrected chi connectivity index (χ0v) is 16.8. The smallest absolute Gasteiger partial charge is 0.250 e. The van der Waals surface area contributed by atoms with Crippen LogP contribution in [0.5, 0.6) is 17.2 Å². The van der Waals surface area contributed by atoms with Crippen molar-refractivity contribution in [1.29, 1.82) is 0 Å². The highest BCUT2D eigenvalue weighted by Crippen LogP contribution is 2.41. The van der Waals surface area contributed by atoms with Crippen LogP contribution in [0.1, 0.15) is 5.56 Å². The van der Waals surface area contributed by atoms with Crippen LogP contribution in [0, 0.1) is 0 Å². The van der Waals surface area contributed by atoms with Gasteiger partial charge in [0.05, 0.1) is 37.4 Å². The number of nitrogens with one attached hydrogen (secondary N) is 1. The first-order valence-electron chi connectivity index (χ1n) is 9.46. The topological polar surface area (TPSA) is 85.8 Å². The van der Waals surface area contributed by atoms with Gasteiger partial charge >= 0.3 is 0 Å². The molecule has 1 aromatic heterocycles. The number of hydrogen-bond acceptors (Lipinski definition) is 7. The first kappa shape index (κ1) is 19.5. The molecule has 0 fully saturated rings. The second-order valence-electron chi connectivity index (χ2n) is 6.58. The fraction of sp³-hybridized carbons (Fsp3) is 0.227. The molecule has 1 amide bonds. The monoisotopic (exact) mass is 406 g/mol. The molecule has 0 radical (unpaired) electrons. The molecule has 0 atom stereocenters. The first-order chi connectivity index (χ1) is 14.7. The van der Waals surface area contributed by atoms with E-state index in [1.54, 1.807) is 19.1 Å². The number of fused-ring (bicyclic) bond motifs is 3. The van der Waals surface area contributed by atoms with E-state index in [4.69, 9.17) is 14.2 Å². The molecule has 0 spiro atoms. The van der Waals surface area contributed by atoms with Crippen molar-refractivity contribution >= 4 is 28.3 Å². The van der Waals surface area contributed by atoms with E-state index >= 15 is 0 Å². The molecule has 0 unspecified atom stereocenters. The largest absolute Gasteiger partial charge is 0.493 e. The molecule has 1 N–H and O–H groups in total. The summed E-state index contributed by atoms with van der Waals surface area (Å²) in [7, 11) is 3.21. The molecule has 0 saturated heterocycles. The minimum absolute atomic E-state index is 0.175. The maximum Gasteiger partial charge on any atom is 0.250 e. The molecule has 0 bridgehead atoms. The van der Waals surface area contributed by atoms with E-state index in [9.17, 15) is 4.79 Å². The van der Waals surface area contributed by atoms with Crippen LogP contribution in [0.25, 0.3) is 10.9 Å². The molecule has 154 valence electrons. The second kappa shape index (κ2) is 8.28. The lowest BCUT2D eigenvalue weighted by molar-refractivity contribution is -0.114. The predicted octanol–water partition coefficient (Wildman–Crippen LogP) is 3.17. The minimum atomic E-state index is -0.175. The average molecular weight is 406 g/mol. The number of ether oxygens (including phenoxy) is 3. The Morgan fingerprint density at radius 3 is 2.90 bits per heavy atom. The third-order valence-electron chi connectivity index (χ3n) is 4.96. The number of carbonyl (C=O) groups is 1. The van der Waals surface area contributed by atoms with Crippen molar-refractivity contribution < 1.29 is 19.0 Å². The number of aromatic nitrogens is 2. The van der Waals surface area contributed by atoms with Crippen molar-refractivity contribution in [2.24, 2.45) is 0 Å².